The quantitative estimate of drug-likeness (QED) is 0.791. The molecular weight excluding hydrogens is 290 g/mol. The summed E-state index contributed by atoms with van der Waals surface area (Å²) in [6.45, 7) is 0.306. The number of aromatic hydroxyl groups is 1. The number of ether oxygens (including phenoxy) is 3. The van der Waals surface area contributed by atoms with Gasteiger partial charge in [-0.05, 0) is 25.0 Å². The molecule has 1 fully saturated rings. The highest BCUT2D eigenvalue weighted by atomic mass is 16.6. The summed E-state index contributed by atoms with van der Waals surface area (Å²) >= 11 is 0. The third-order valence-electron chi connectivity index (χ3n) is 3.95. The summed E-state index contributed by atoms with van der Waals surface area (Å²) in [7, 11) is 1.34. The number of rotatable bonds is 4. The van der Waals surface area contributed by atoms with E-state index in [1.165, 1.54) is 19.2 Å². The topological polar surface area (TPSA) is 94.1 Å². The van der Waals surface area contributed by atoms with Gasteiger partial charge in [-0.1, -0.05) is 0 Å². The van der Waals surface area contributed by atoms with Gasteiger partial charge in [-0.25, -0.2) is 0 Å². The summed E-state index contributed by atoms with van der Waals surface area (Å²) in [4.78, 5) is 23.8. The maximum Gasteiger partial charge on any atom is 0.313 e. The van der Waals surface area contributed by atoms with E-state index in [9.17, 15) is 14.7 Å². The maximum absolute atomic E-state index is 12.1. The van der Waals surface area contributed by atoms with E-state index in [2.05, 4.69) is 5.32 Å². The number of carbonyl (C=O) groups excluding carboxylic acids is 2. The molecule has 1 saturated carbocycles. The second-order valence-electron chi connectivity index (χ2n) is 5.54. The normalized spacial score (nSPS) is 20.9. The van der Waals surface area contributed by atoms with Gasteiger partial charge in [-0.3, -0.25) is 9.59 Å². The fourth-order valence-electron chi connectivity index (χ4n) is 2.38. The standard InChI is InChI=1S/C15H17NO6/c1-20-14(19)15(4-5-15)8-16-13(18)12-7-21-10-3-2-9(17)6-11(10)22-12/h2-3,6,12,17H,4-5,7-8H2,1H3,(H,16,18)/t12-/m1/s1. The largest absolute Gasteiger partial charge is 0.508 e. The van der Waals surface area contributed by atoms with Crippen molar-refractivity contribution in [3.8, 4) is 17.2 Å². The Morgan fingerprint density at radius 1 is 1.41 bits per heavy atom. The van der Waals surface area contributed by atoms with Gasteiger partial charge in [-0.15, -0.1) is 0 Å². The average Bonchev–Trinajstić information content (AvgIpc) is 3.32. The lowest BCUT2D eigenvalue weighted by Gasteiger charge is -2.26. The van der Waals surface area contributed by atoms with Crippen LogP contribution in [0.3, 0.4) is 0 Å². The van der Waals surface area contributed by atoms with Crippen molar-refractivity contribution < 1.29 is 28.9 Å². The van der Waals surface area contributed by atoms with Crippen LogP contribution >= 0.6 is 0 Å². The molecule has 1 atom stereocenters. The molecule has 0 saturated heterocycles. The number of phenolic OH excluding ortho intramolecular Hbond substituents is 1. The minimum absolute atomic E-state index is 0.0334. The summed E-state index contributed by atoms with van der Waals surface area (Å²) in [5, 5.41) is 12.1. The zero-order valence-corrected chi connectivity index (χ0v) is 12.1. The fraction of sp³-hybridized carbons (Fsp3) is 0.467. The van der Waals surface area contributed by atoms with Crippen LogP contribution in [0, 0.1) is 5.41 Å². The molecule has 0 bridgehead atoms. The summed E-state index contributed by atoms with van der Waals surface area (Å²) in [6.07, 6.45) is 0.597. The van der Waals surface area contributed by atoms with Crippen LogP contribution in [0.2, 0.25) is 0 Å². The van der Waals surface area contributed by atoms with Gasteiger partial charge in [-0.2, -0.15) is 0 Å². The first-order valence-corrected chi connectivity index (χ1v) is 7.03. The van der Waals surface area contributed by atoms with Gasteiger partial charge in [0.15, 0.2) is 11.5 Å². The molecular formula is C15H17NO6. The lowest BCUT2D eigenvalue weighted by molar-refractivity contribution is -0.147. The summed E-state index contributed by atoms with van der Waals surface area (Å²) in [5.74, 6) is 0.176. The Bertz CT molecular complexity index is 610. The maximum atomic E-state index is 12.1. The van der Waals surface area contributed by atoms with Crippen molar-refractivity contribution in [1.82, 2.24) is 5.32 Å². The molecule has 0 aromatic heterocycles. The Hall–Kier alpha value is -2.44. The third kappa shape index (κ3) is 2.66. The smallest absolute Gasteiger partial charge is 0.313 e. The highest BCUT2D eigenvalue weighted by Crippen LogP contribution is 2.46. The van der Waals surface area contributed by atoms with Crippen LogP contribution in [0.1, 0.15) is 12.8 Å². The van der Waals surface area contributed by atoms with Crippen molar-refractivity contribution in [1.29, 1.82) is 0 Å². The van der Waals surface area contributed by atoms with Crippen molar-refractivity contribution in [3.05, 3.63) is 18.2 Å². The van der Waals surface area contributed by atoms with Crippen molar-refractivity contribution in [3.63, 3.8) is 0 Å². The second-order valence-corrected chi connectivity index (χ2v) is 5.54. The zero-order chi connectivity index (χ0) is 15.7. The predicted molar refractivity (Wildman–Crippen MR) is 74.7 cm³/mol. The third-order valence-corrected chi connectivity index (χ3v) is 3.95. The van der Waals surface area contributed by atoms with E-state index in [0.717, 1.165) is 0 Å². The predicted octanol–water partition coefficient (Wildman–Crippen LogP) is 0.601. The minimum atomic E-state index is -0.817. The van der Waals surface area contributed by atoms with Crippen LogP contribution in [0.15, 0.2) is 18.2 Å². The minimum Gasteiger partial charge on any atom is -0.508 e. The van der Waals surface area contributed by atoms with Gasteiger partial charge < -0.3 is 24.6 Å². The van der Waals surface area contributed by atoms with Gasteiger partial charge >= 0.3 is 5.97 Å². The molecule has 1 aromatic carbocycles. The first-order chi connectivity index (χ1) is 10.5. The van der Waals surface area contributed by atoms with Crippen molar-refractivity contribution in [2.75, 3.05) is 20.3 Å². The highest BCUT2D eigenvalue weighted by molar-refractivity contribution is 5.84. The van der Waals surface area contributed by atoms with Gasteiger partial charge in [0.05, 0.1) is 12.5 Å². The van der Waals surface area contributed by atoms with E-state index < -0.39 is 11.5 Å². The van der Waals surface area contributed by atoms with Gasteiger partial charge in [0, 0.05) is 12.6 Å². The molecule has 2 aliphatic rings. The number of esters is 1. The molecule has 118 valence electrons. The van der Waals surface area contributed by atoms with E-state index in [-0.39, 0.29) is 30.8 Å². The second kappa shape index (κ2) is 5.40. The number of fused-ring (bicyclic) bond motifs is 1. The molecule has 7 nitrogen and oxygen atoms in total. The number of benzene rings is 1. The van der Waals surface area contributed by atoms with Crippen molar-refractivity contribution in [2.24, 2.45) is 5.41 Å². The number of carbonyl (C=O) groups is 2. The van der Waals surface area contributed by atoms with Crippen LogP contribution in [-0.2, 0) is 14.3 Å². The van der Waals surface area contributed by atoms with Crippen molar-refractivity contribution >= 4 is 11.9 Å². The summed E-state index contributed by atoms with van der Waals surface area (Å²) in [5.41, 5.74) is -0.587. The van der Waals surface area contributed by atoms with Crippen LogP contribution in [0.25, 0.3) is 0 Å². The molecule has 0 unspecified atom stereocenters. The lowest BCUT2D eigenvalue weighted by Crippen LogP contribution is -2.46. The van der Waals surface area contributed by atoms with Crippen molar-refractivity contribution in [2.45, 2.75) is 18.9 Å². The fourth-order valence-corrected chi connectivity index (χ4v) is 2.38. The molecule has 7 heteroatoms. The SMILES string of the molecule is COC(=O)C1(CNC(=O)[C@H]2COc3ccc(O)cc3O2)CC1. The van der Waals surface area contributed by atoms with Crippen LogP contribution < -0.4 is 14.8 Å². The molecule has 0 spiro atoms. The number of hydrogen-bond acceptors (Lipinski definition) is 6. The van der Waals surface area contributed by atoms with E-state index in [4.69, 9.17) is 14.2 Å². The van der Waals surface area contributed by atoms with E-state index in [0.29, 0.717) is 24.3 Å². The molecule has 1 heterocycles. The van der Waals surface area contributed by atoms with E-state index >= 15 is 0 Å². The molecule has 22 heavy (non-hydrogen) atoms. The van der Waals surface area contributed by atoms with Crippen LogP contribution in [0.4, 0.5) is 0 Å². The summed E-state index contributed by atoms with van der Waals surface area (Å²) < 4.78 is 15.7. The highest BCUT2D eigenvalue weighted by Gasteiger charge is 2.51. The number of methoxy groups -OCH3 is 1. The number of nitrogens with one attached hydrogen (secondary N) is 1. The van der Waals surface area contributed by atoms with E-state index in [1.54, 1.807) is 6.07 Å². The first-order valence-electron chi connectivity index (χ1n) is 7.03. The Kier molecular flexibility index (Phi) is 3.56. The average molecular weight is 307 g/mol. The first kappa shape index (κ1) is 14.5. The van der Waals surface area contributed by atoms with Gasteiger partial charge in [0.1, 0.15) is 12.4 Å². The zero-order valence-electron chi connectivity index (χ0n) is 12.1. The number of hydrogen-bond donors (Lipinski definition) is 2. The molecule has 0 radical (unpaired) electrons. The van der Waals surface area contributed by atoms with E-state index in [1.807, 2.05) is 0 Å². The Labute approximate surface area is 127 Å². The molecule has 1 aromatic rings. The number of amides is 1. The monoisotopic (exact) mass is 307 g/mol. The molecule has 1 aliphatic heterocycles. The lowest BCUT2D eigenvalue weighted by atomic mass is 10.1. The summed E-state index contributed by atoms with van der Waals surface area (Å²) in [6, 6.07) is 4.46. The Morgan fingerprint density at radius 2 is 2.18 bits per heavy atom. The number of phenols is 1. The Morgan fingerprint density at radius 3 is 2.86 bits per heavy atom. The van der Waals surface area contributed by atoms with Gasteiger partial charge in [0.25, 0.3) is 5.91 Å². The van der Waals surface area contributed by atoms with Crippen LogP contribution in [0.5, 0.6) is 17.2 Å². The molecule has 1 aliphatic carbocycles. The molecule has 2 N–H and O–H groups in total. The van der Waals surface area contributed by atoms with Crippen LogP contribution in [-0.4, -0.2) is 43.3 Å². The Balaban J connectivity index is 1.59. The molecule has 3 rings (SSSR count). The molecule has 1 amide bonds. The van der Waals surface area contributed by atoms with Gasteiger partial charge in [0.2, 0.25) is 6.10 Å².